The van der Waals surface area contributed by atoms with E-state index in [2.05, 4.69) is 4.74 Å². The van der Waals surface area contributed by atoms with E-state index < -0.39 is 35.6 Å². The molecule has 0 radical (unpaired) electrons. The molecule has 2 N–H and O–H groups in total. The minimum Gasteiger partial charge on any atom is -0.494 e. The normalized spacial score (nSPS) is 9.82. The number of amides is 1. The number of carboxylic acids is 1. The molecule has 17 heavy (non-hydrogen) atoms. The van der Waals surface area contributed by atoms with Crippen LogP contribution in [0.3, 0.4) is 0 Å². The Bertz CT molecular complexity index is 462. The topological polar surface area (TPSA) is 75.6 Å². The lowest BCUT2D eigenvalue weighted by molar-refractivity contribution is -0.139. The third-order valence-corrected chi connectivity index (χ3v) is 1.83. The molecule has 1 rings (SSSR count). The van der Waals surface area contributed by atoms with Crippen LogP contribution in [-0.2, 0) is 9.59 Å². The van der Waals surface area contributed by atoms with Crippen LogP contribution < -0.4 is 10.1 Å². The second-order valence-electron chi connectivity index (χ2n) is 3.09. The number of hydrogen-bond donors (Lipinski definition) is 2. The lowest BCUT2D eigenvalue weighted by Gasteiger charge is -2.07. The fourth-order valence-corrected chi connectivity index (χ4v) is 1.11. The van der Waals surface area contributed by atoms with Gasteiger partial charge >= 0.3 is 5.97 Å². The lowest BCUT2D eigenvalue weighted by atomic mass is 10.2. The van der Waals surface area contributed by atoms with Gasteiger partial charge < -0.3 is 15.2 Å². The number of rotatable bonds is 4. The zero-order chi connectivity index (χ0) is 13.0. The number of anilines is 1. The predicted molar refractivity (Wildman–Crippen MR) is 53.8 cm³/mol. The van der Waals surface area contributed by atoms with Crippen LogP contribution >= 0.6 is 0 Å². The van der Waals surface area contributed by atoms with E-state index in [0.29, 0.717) is 6.07 Å². The maximum absolute atomic E-state index is 13.3. The molecule has 0 aliphatic rings. The highest BCUT2D eigenvalue weighted by atomic mass is 19.1. The van der Waals surface area contributed by atoms with Crippen molar-refractivity contribution < 1.29 is 28.2 Å². The third kappa shape index (κ3) is 3.40. The highest BCUT2D eigenvalue weighted by Gasteiger charge is 2.14. The molecule has 1 aromatic carbocycles. The van der Waals surface area contributed by atoms with Crippen molar-refractivity contribution in [2.24, 2.45) is 0 Å². The molecule has 1 aromatic rings. The molecule has 0 unspecified atom stereocenters. The molecule has 0 bridgehead atoms. The summed E-state index contributed by atoms with van der Waals surface area (Å²) in [5, 5.41) is 10.3. The van der Waals surface area contributed by atoms with Gasteiger partial charge in [0, 0.05) is 12.1 Å². The van der Waals surface area contributed by atoms with Crippen LogP contribution in [0.15, 0.2) is 12.1 Å². The second kappa shape index (κ2) is 5.24. The second-order valence-corrected chi connectivity index (χ2v) is 3.09. The Hall–Kier alpha value is -2.18. The Labute approximate surface area is 95.0 Å². The number of carboxylic acid groups (broad SMARTS) is 1. The van der Waals surface area contributed by atoms with Gasteiger partial charge in [0.1, 0.15) is 6.42 Å². The van der Waals surface area contributed by atoms with Gasteiger partial charge in [0.25, 0.3) is 0 Å². The van der Waals surface area contributed by atoms with E-state index in [-0.39, 0.29) is 5.75 Å². The van der Waals surface area contributed by atoms with Gasteiger partial charge in [-0.25, -0.2) is 8.78 Å². The number of benzene rings is 1. The van der Waals surface area contributed by atoms with Crippen LogP contribution in [0.1, 0.15) is 6.42 Å². The molecule has 0 saturated heterocycles. The highest BCUT2D eigenvalue weighted by molar-refractivity contribution is 6.01. The molecule has 0 heterocycles. The largest absolute Gasteiger partial charge is 0.494 e. The van der Waals surface area contributed by atoms with Crippen molar-refractivity contribution >= 4 is 17.6 Å². The summed E-state index contributed by atoms with van der Waals surface area (Å²) < 4.78 is 31.0. The van der Waals surface area contributed by atoms with Crippen LogP contribution in [0.5, 0.6) is 5.75 Å². The van der Waals surface area contributed by atoms with Crippen LogP contribution in [0, 0.1) is 11.6 Å². The number of halogens is 2. The molecule has 0 spiro atoms. The van der Waals surface area contributed by atoms with Crippen LogP contribution in [0.4, 0.5) is 14.5 Å². The number of aliphatic carboxylic acids is 1. The van der Waals surface area contributed by atoms with Crippen molar-refractivity contribution in [2.75, 3.05) is 12.4 Å². The van der Waals surface area contributed by atoms with Gasteiger partial charge in [-0.05, 0) is 0 Å². The summed E-state index contributed by atoms with van der Waals surface area (Å²) in [6.07, 6.45) is -0.826. The van der Waals surface area contributed by atoms with Crippen molar-refractivity contribution in [3.05, 3.63) is 23.8 Å². The SMILES string of the molecule is COc1cc(F)c(NC(=O)CC(=O)O)cc1F. The van der Waals surface area contributed by atoms with Crippen molar-refractivity contribution in [1.29, 1.82) is 0 Å². The van der Waals surface area contributed by atoms with Gasteiger partial charge in [-0.1, -0.05) is 0 Å². The summed E-state index contributed by atoms with van der Waals surface area (Å²) in [5.41, 5.74) is -0.436. The molecule has 0 saturated carbocycles. The summed E-state index contributed by atoms with van der Waals surface area (Å²) in [6.45, 7) is 0. The van der Waals surface area contributed by atoms with E-state index in [9.17, 15) is 18.4 Å². The Kier molecular flexibility index (Phi) is 3.97. The first-order valence-electron chi connectivity index (χ1n) is 4.48. The van der Waals surface area contributed by atoms with Crippen LogP contribution in [0.2, 0.25) is 0 Å². The fourth-order valence-electron chi connectivity index (χ4n) is 1.11. The highest BCUT2D eigenvalue weighted by Crippen LogP contribution is 2.24. The first-order chi connectivity index (χ1) is 7.93. The van der Waals surface area contributed by atoms with Crippen molar-refractivity contribution in [2.45, 2.75) is 6.42 Å². The average Bonchev–Trinajstić information content (AvgIpc) is 2.21. The quantitative estimate of drug-likeness (QED) is 0.786. The first-order valence-corrected chi connectivity index (χ1v) is 4.48. The number of hydrogen-bond acceptors (Lipinski definition) is 3. The molecule has 0 aliphatic heterocycles. The Morgan fingerprint density at radius 2 is 2.00 bits per heavy atom. The number of methoxy groups -OCH3 is 1. The third-order valence-electron chi connectivity index (χ3n) is 1.83. The zero-order valence-corrected chi connectivity index (χ0v) is 8.79. The van der Waals surface area contributed by atoms with E-state index in [1.54, 1.807) is 0 Å². The molecular formula is C10H9F2NO4. The number of carbonyl (C=O) groups is 2. The van der Waals surface area contributed by atoms with Gasteiger partial charge in [-0.15, -0.1) is 0 Å². The van der Waals surface area contributed by atoms with Crippen molar-refractivity contribution in [3.8, 4) is 5.75 Å². The Morgan fingerprint density at radius 1 is 1.35 bits per heavy atom. The predicted octanol–water partition coefficient (Wildman–Crippen LogP) is 1.39. The molecule has 92 valence electrons. The van der Waals surface area contributed by atoms with Gasteiger partial charge in [0.05, 0.1) is 12.8 Å². The van der Waals surface area contributed by atoms with Gasteiger partial charge in [-0.2, -0.15) is 0 Å². The number of carbonyl (C=O) groups excluding carboxylic acids is 1. The van der Waals surface area contributed by atoms with Gasteiger partial charge in [-0.3, -0.25) is 9.59 Å². The maximum atomic E-state index is 13.3. The molecule has 0 fully saturated rings. The molecule has 7 heteroatoms. The van der Waals surface area contributed by atoms with E-state index >= 15 is 0 Å². The molecule has 1 amide bonds. The lowest BCUT2D eigenvalue weighted by Crippen LogP contribution is -2.17. The zero-order valence-electron chi connectivity index (χ0n) is 8.79. The number of nitrogens with one attached hydrogen (secondary N) is 1. The minimum absolute atomic E-state index is 0.307. The summed E-state index contributed by atoms with van der Waals surface area (Å²) in [5.74, 6) is -4.39. The molecule has 0 aromatic heterocycles. The summed E-state index contributed by atoms with van der Waals surface area (Å²) in [4.78, 5) is 21.2. The van der Waals surface area contributed by atoms with Gasteiger partial charge in [0.2, 0.25) is 5.91 Å². The molecular weight excluding hydrogens is 236 g/mol. The summed E-state index contributed by atoms with van der Waals surface area (Å²) >= 11 is 0. The van der Waals surface area contributed by atoms with E-state index in [1.807, 2.05) is 5.32 Å². The van der Waals surface area contributed by atoms with E-state index in [1.165, 1.54) is 7.11 Å². The average molecular weight is 245 g/mol. The van der Waals surface area contributed by atoms with Crippen LogP contribution in [0.25, 0.3) is 0 Å². The molecule has 0 aliphatic carbocycles. The fraction of sp³-hybridized carbons (Fsp3) is 0.200. The smallest absolute Gasteiger partial charge is 0.312 e. The number of ether oxygens (including phenoxy) is 1. The van der Waals surface area contributed by atoms with E-state index in [4.69, 9.17) is 5.11 Å². The Morgan fingerprint density at radius 3 is 2.53 bits per heavy atom. The summed E-state index contributed by atoms with van der Waals surface area (Å²) in [6, 6.07) is 1.47. The minimum atomic E-state index is -1.36. The van der Waals surface area contributed by atoms with E-state index in [0.717, 1.165) is 6.07 Å². The monoisotopic (exact) mass is 245 g/mol. The summed E-state index contributed by atoms with van der Waals surface area (Å²) in [7, 11) is 1.17. The van der Waals surface area contributed by atoms with Crippen molar-refractivity contribution in [3.63, 3.8) is 0 Å². The Balaban J connectivity index is 2.88. The van der Waals surface area contributed by atoms with Crippen molar-refractivity contribution in [1.82, 2.24) is 0 Å². The van der Waals surface area contributed by atoms with Gasteiger partial charge in [0.15, 0.2) is 17.4 Å². The molecule has 5 nitrogen and oxygen atoms in total. The standard InChI is InChI=1S/C10H9F2NO4/c1-17-8-3-5(11)7(2-6(8)12)13-9(14)4-10(15)16/h2-3H,4H2,1H3,(H,13,14)(H,15,16). The van der Waals surface area contributed by atoms with Crippen LogP contribution in [-0.4, -0.2) is 24.1 Å². The first kappa shape index (κ1) is 12.9. The maximum Gasteiger partial charge on any atom is 0.312 e. The molecule has 0 atom stereocenters.